The monoisotopic (exact) mass is 313 g/mol. The van der Waals surface area contributed by atoms with E-state index in [0.717, 1.165) is 11.1 Å². The first-order chi connectivity index (χ1) is 10.7. The number of hydrogen-bond acceptors (Lipinski definition) is 3. The van der Waals surface area contributed by atoms with E-state index in [1.54, 1.807) is 12.1 Å². The van der Waals surface area contributed by atoms with Gasteiger partial charge in [0, 0.05) is 11.6 Å². The van der Waals surface area contributed by atoms with Crippen molar-refractivity contribution in [3.8, 4) is 6.07 Å². The highest BCUT2D eigenvalue weighted by molar-refractivity contribution is 6.30. The third-order valence-corrected chi connectivity index (χ3v) is 3.41. The molecular formula is C17H16ClN3O. The Morgan fingerprint density at radius 1 is 1.14 bits per heavy atom. The molecule has 0 aliphatic rings. The second kappa shape index (κ2) is 8.18. The van der Waals surface area contributed by atoms with Crippen LogP contribution in [0, 0.1) is 11.3 Å². The van der Waals surface area contributed by atoms with E-state index in [9.17, 15) is 4.79 Å². The van der Waals surface area contributed by atoms with Crippen LogP contribution in [0.4, 0.5) is 0 Å². The molecule has 0 bridgehead atoms. The molecule has 2 N–H and O–H groups in total. The number of nitrogens with one attached hydrogen (secondary N) is 2. The third-order valence-electron chi connectivity index (χ3n) is 3.16. The molecule has 4 nitrogen and oxygen atoms in total. The van der Waals surface area contributed by atoms with Crippen LogP contribution in [-0.2, 0) is 11.3 Å². The van der Waals surface area contributed by atoms with Gasteiger partial charge >= 0.3 is 0 Å². The molecule has 1 unspecified atom stereocenters. The van der Waals surface area contributed by atoms with Crippen LogP contribution in [0.3, 0.4) is 0 Å². The summed E-state index contributed by atoms with van der Waals surface area (Å²) in [6, 6.07) is 18.1. The molecular weight excluding hydrogens is 298 g/mol. The van der Waals surface area contributed by atoms with E-state index in [1.807, 2.05) is 48.5 Å². The van der Waals surface area contributed by atoms with Gasteiger partial charge in [-0.05, 0) is 23.3 Å². The Kier molecular flexibility index (Phi) is 5.96. The lowest BCUT2D eigenvalue weighted by Crippen LogP contribution is -2.37. The first-order valence-electron chi connectivity index (χ1n) is 6.88. The molecule has 0 aromatic heterocycles. The summed E-state index contributed by atoms with van der Waals surface area (Å²) in [7, 11) is 0. The lowest BCUT2D eigenvalue weighted by Gasteiger charge is -2.17. The van der Waals surface area contributed by atoms with Crippen molar-refractivity contribution >= 4 is 17.5 Å². The molecule has 0 aliphatic heterocycles. The number of hydrogen-bond donors (Lipinski definition) is 2. The minimum absolute atomic E-state index is 0.105. The van der Waals surface area contributed by atoms with E-state index in [0.29, 0.717) is 11.6 Å². The quantitative estimate of drug-likeness (QED) is 0.806. The van der Waals surface area contributed by atoms with Crippen molar-refractivity contribution in [1.29, 1.82) is 5.26 Å². The second-order valence-corrected chi connectivity index (χ2v) is 5.16. The van der Waals surface area contributed by atoms with Crippen molar-refractivity contribution in [2.45, 2.75) is 12.6 Å². The molecule has 1 amide bonds. The fourth-order valence-electron chi connectivity index (χ4n) is 2.05. The maximum absolute atomic E-state index is 12.4. The number of carbonyl (C=O) groups is 1. The van der Waals surface area contributed by atoms with Crippen LogP contribution in [0.5, 0.6) is 0 Å². The van der Waals surface area contributed by atoms with Gasteiger partial charge < -0.3 is 5.32 Å². The van der Waals surface area contributed by atoms with E-state index in [4.69, 9.17) is 16.9 Å². The normalized spacial score (nSPS) is 11.5. The molecule has 2 aromatic carbocycles. The lowest BCUT2D eigenvalue weighted by molar-refractivity contribution is -0.123. The van der Waals surface area contributed by atoms with Crippen molar-refractivity contribution in [1.82, 2.24) is 10.6 Å². The first-order valence-corrected chi connectivity index (χ1v) is 7.26. The fourth-order valence-corrected chi connectivity index (χ4v) is 2.17. The molecule has 2 aromatic rings. The van der Waals surface area contributed by atoms with Crippen LogP contribution in [0.1, 0.15) is 17.2 Å². The zero-order valence-corrected chi connectivity index (χ0v) is 12.7. The van der Waals surface area contributed by atoms with Crippen LogP contribution >= 0.6 is 11.6 Å². The smallest absolute Gasteiger partial charge is 0.242 e. The fraction of sp³-hybridized carbons (Fsp3) is 0.176. The predicted molar refractivity (Wildman–Crippen MR) is 86.1 cm³/mol. The Morgan fingerprint density at radius 3 is 2.45 bits per heavy atom. The summed E-state index contributed by atoms with van der Waals surface area (Å²) in [4.78, 5) is 12.4. The minimum Gasteiger partial charge on any atom is -0.350 e. The van der Waals surface area contributed by atoms with Crippen LogP contribution in [-0.4, -0.2) is 12.5 Å². The van der Waals surface area contributed by atoms with Gasteiger partial charge in [0.05, 0.1) is 12.6 Å². The number of nitrogens with zero attached hydrogens (tertiary/aromatic N) is 1. The summed E-state index contributed by atoms with van der Waals surface area (Å²) >= 11 is 5.83. The molecule has 5 heteroatoms. The summed E-state index contributed by atoms with van der Waals surface area (Å²) < 4.78 is 0. The topological polar surface area (TPSA) is 64.9 Å². The predicted octanol–water partition coefficient (Wildman–Crippen LogP) is 2.81. The van der Waals surface area contributed by atoms with E-state index in [-0.39, 0.29) is 12.5 Å². The molecule has 0 saturated carbocycles. The molecule has 0 aliphatic carbocycles. The van der Waals surface area contributed by atoms with Crippen molar-refractivity contribution < 1.29 is 4.79 Å². The highest BCUT2D eigenvalue weighted by atomic mass is 35.5. The third kappa shape index (κ3) is 4.59. The number of halogens is 1. The zero-order chi connectivity index (χ0) is 15.8. The van der Waals surface area contributed by atoms with Gasteiger partial charge in [0.1, 0.15) is 6.04 Å². The average molecular weight is 314 g/mol. The Labute approximate surface area is 134 Å². The van der Waals surface area contributed by atoms with Gasteiger partial charge in [-0.2, -0.15) is 5.26 Å². The van der Waals surface area contributed by atoms with Crippen molar-refractivity contribution in [2.24, 2.45) is 0 Å². The molecule has 0 heterocycles. The van der Waals surface area contributed by atoms with Crippen molar-refractivity contribution in [3.63, 3.8) is 0 Å². The van der Waals surface area contributed by atoms with E-state index < -0.39 is 6.04 Å². The number of amides is 1. The summed E-state index contributed by atoms with van der Waals surface area (Å²) in [5.41, 5.74) is 1.79. The first kappa shape index (κ1) is 16.0. The molecule has 1 atom stereocenters. The largest absolute Gasteiger partial charge is 0.350 e. The molecule has 2 rings (SSSR count). The molecule has 0 saturated heterocycles. The minimum atomic E-state index is -0.548. The van der Waals surface area contributed by atoms with Gasteiger partial charge in [0.15, 0.2) is 0 Å². The standard InChI is InChI=1S/C17H16ClN3O/c18-15-8-6-13(7-9-15)12-21-17(22)16(20-11-10-19)14-4-2-1-3-5-14/h1-9,16,20H,11-12H2,(H,21,22). The molecule has 112 valence electrons. The van der Waals surface area contributed by atoms with E-state index >= 15 is 0 Å². The second-order valence-electron chi connectivity index (χ2n) is 4.73. The molecule has 22 heavy (non-hydrogen) atoms. The van der Waals surface area contributed by atoms with Crippen LogP contribution in [0.2, 0.25) is 5.02 Å². The van der Waals surface area contributed by atoms with Crippen molar-refractivity contribution in [2.75, 3.05) is 6.54 Å². The van der Waals surface area contributed by atoms with Crippen molar-refractivity contribution in [3.05, 3.63) is 70.7 Å². The van der Waals surface area contributed by atoms with E-state index in [1.165, 1.54) is 0 Å². The molecule has 0 fully saturated rings. The highest BCUT2D eigenvalue weighted by Crippen LogP contribution is 2.13. The number of nitriles is 1. The average Bonchev–Trinajstić information content (AvgIpc) is 2.55. The number of benzene rings is 2. The summed E-state index contributed by atoms with van der Waals surface area (Å²) in [5, 5.41) is 15.2. The molecule has 0 radical (unpaired) electrons. The van der Waals surface area contributed by atoms with Gasteiger partial charge in [0.2, 0.25) is 5.91 Å². The summed E-state index contributed by atoms with van der Waals surface area (Å²) in [5.74, 6) is -0.170. The Balaban J connectivity index is 2.02. The maximum Gasteiger partial charge on any atom is 0.242 e. The number of carbonyl (C=O) groups excluding carboxylic acids is 1. The van der Waals surface area contributed by atoms with Crippen LogP contribution in [0.25, 0.3) is 0 Å². The highest BCUT2D eigenvalue weighted by Gasteiger charge is 2.19. The van der Waals surface area contributed by atoms with Gasteiger partial charge in [0.25, 0.3) is 0 Å². The lowest BCUT2D eigenvalue weighted by atomic mass is 10.1. The van der Waals surface area contributed by atoms with Gasteiger partial charge in [-0.25, -0.2) is 0 Å². The van der Waals surface area contributed by atoms with Crippen LogP contribution < -0.4 is 10.6 Å². The Morgan fingerprint density at radius 2 is 1.82 bits per heavy atom. The van der Waals surface area contributed by atoms with Gasteiger partial charge in [-0.15, -0.1) is 0 Å². The Bertz CT molecular complexity index is 650. The van der Waals surface area contributed by atoms with Gasteiger partial charge in [-0.3, -0.25) is 10.1 Å². The van der Waals surface area contributed by atoms with Crippen LogP contribution in [0.15, 0.2) is 54.6 Å². The SMILES string of the molecule is N#CCNC(C(=O)NCc1ccc(Cl)cc1)c1ccccc1. The number of rotatable bonds is 6. The van der Waals surface area contributed by atoms with E-state index in [2.05, 4.69) is 10.6 Å². The maximum atomic E-state index is 12.4. The summed E-state index contributed by atoms with van der Waals surface area (Å²) in [6.07, 6.45) is 0. The summed E-state index contributed by atoms with van der Waals surface area (Å²) in [6.45, 7) is 0.515. The van der Waals surface area contributed by atoms with Gasteiger partial charge in [-0.1, -0.05) is 54.1 Å². The molecule has 0 spiro atoms. The Hall–Kier alpha value is -2.35. The zero-order valence-electron chi connectivity index (χ0n) is 11.9.